The lowest BCUT2D eigenvalue weighted by Crippen LogP contribution is -2.40. The molecule has 1 aliphatic heterocycles. The van der Waals surface area contributed by atoms with Gasteiger partial charge in [-0.25, -0.2) is 0 Å². The first-order valence-corrected chi connectivity index (χ1v) is 6.74. The van der Waals surface area contributed by atoms with Gasteiger partial charge in [0.2, 0.25) is 0 Å². The monoisotopic (exact) mass is 237 g/mol. The normalized spacial score (nSPS) is 20.9. The number of carbonyl (C=O) groups is 1. The number of hydrogen-bond acceptors (Lipinski definition) is 3. The van der Waals surface area contributed by atoms with Crippen molar-refractivity contribution in [1.29, 1.82) is 0 Å². The van der Waals surface area contributed by atoms with Crippen molar-refractivity contribution in [3.8, 4) is 0 Å². The van der Waals surface area contributed by atoms with Crippen molar-refractivity contribution in [3.05, 3.63) is 22.4 Å². The van der Waals surface area contributed by atoms with Crippen LogP contribution in [0.5, 0.6) is 0 Å². The van der Waals surface area contributed by atoms with E-state index in [0.717, 1.165) is 18.0 Å². The van der Waals surface area contributed by atoms with Crippen LogP contribution in [-0.4, -0.2) is 30.3 Å². The van der Waals surface area contributed by atoms with Gasteiger partial charge in [-0.3, -0.25) is 9.69 Å². The number of rotatable bonds is 3. The Kier molecular flexibility index (Phi) is 3.45. The van der Waals surface area contributed by atoms with Gasteiger partial charge in [0.25, 0.3) is 0 Å². The maximum atomic E-state index is 11.9. The van der Waals surface area contributed by atoms with Gasteiger partial charge in [0.1, 0.15) is 0 Å². The SMILES string of the molecule is CC1(C)CCN(CC(=O)c2cccs2)CC1. The van der Waals surface area contributed by atoms with Gasteiger partial charge in [-0.2, -0.15) is 0 Å². The van der Waals surface area contributed by atoms with Crippen LogP contribution in [-0.2, 0) is 0 Å². The Hall–Kier alpha value is -0.670. The highest BCUT2D eigenvalue weighted by Crippen LogP contribution is 2.29. The number of hydrogen-bond donors (Lipinski definition) is 0. The smallest absolute Gasteiger partial charge is 0.186 e. The van der Waals surface area contributed by atoms with E-state index < -0.39 is 0 Å². The molecule has 0 radical (unpaired) electrons. The van der Waals surface area contributed by atoms with Crippen molar-refractivity contribution in [3.63, 3.8) is 0 Å². The molecular weight excluding hydrogens is 218 g/mol. The Morgan fingerprint density at radius 1 is 1.44 bits per heavy atom. The van der Waals surface area contributed by atoms with E-state index in [9.17, 15) is 4.79 Å². The molecule has 2 rings (SSSR count). The topological polar surface area (TPSA) is 20.3 Å². The van der Waals surface area contributed by atoms with Crippen molar-refractivity contribution in [2.75, 3.05) is 19.6 Å². The Bertz CT molecular complexity index is 346. The van der Waals surface area contributed by atoms with Gasteiger partial charge in [0.05, 0.1) is 11.4 Å². The predicted octanol–water partition coefficient (Wildman–Crippen LogP) is 3.05. The molecule has 0 N–H and O–H groups in total. The number of nitrogens with zero attached hydrogens (tertiary/aromatic N) is 1. The zero-order valence-electron chi connectivity index (χ0n) is 10.0. The largest absolute Gasteiger partial charge is 0.296 e. The number of Topliss-reactive ketones (excluding diaryl/α,β-unsaturated/α-hetero) is 1. The number of piperidine rings is 1. The van der Waals surface area contributed by atoms with E-state index in [0.29, 0.717) is 12.0 Å². The molecule has 0 atom stereocenters. The van der Waals surface area contributed by atoms with Crippen molar-refractivity contribution >= 4 is 17.1 Å². The van der Waals surface area contributed by atoms with Gasteiger partial charge in [0.15, 0.2) is 5.78 Å². The first kappa shape index (κ1) is 11.8. The average Bonchev–Trinajstić information content (AvgIpc) is 2.74. The summed E-state index contributed by atoms with van der Waals surface area (Å²) >= 11 is 1.54. The lowest BCUT2D eigenvalue weighted by Gasteiger charge is -2.36. The Balaban J connectivity index is 1.85. The summed E-state index contributed by atoms with van der Waals surface area (Å²) in [7, 11) is 0. The van der Waals surface area contributed by atoms with Crippen LogP contribution >= 0.6 is 11.3 Å². The summed E-state index contributed by atoms with van der Waals surface area (Å²) in [5.41, 5.74) is 0.461. The number of likely N-dealkylation sites (tertiary alicyclic amines) is 1. The molecule has 0 unspecified atom stereocenters. The van der Waals surface area contributed by atoms with Gasteiger partial charge >= 0.3 is 0 Å². The Labute approximate surface area is 101 Å². The van der Waals surface area contributed by atoms with Gasteiger partial charge in [-0.15, -0.1) is 11.3 Å². The third-order valence-corrected chi connectivity index (χ3v) is 4.28. The van der Waals surface area contributed by atoms with Gasteiger partial charge in [0, 0.05) is 0 Å². The summed E-state index contributed by atoms with van der Waals surface area (Å²) in [6.45, 7) is 7.34. The van der Waals surface area contributed by atoms with Crippen LogP contribution in [0.3, 0.4) is 0 Å². The van der Waals surface area contributed by atoms with Crippen LogP contribution in [0.15, 0.2) is 17.5 Å². The van der Waals surface area contributed by atoms with Crippen LogP contribution in [0.4, 0.5) is 0 Å². The van der Waals surface area contributed by atoms with Gasteiger partial charge < -0.3 is 0 Å². The number of thiophene rings is 1. The first-order valence-electron chi connectivity index (χ1n) is 5.86. The highest BCUT2D eigenvalue weighted by Gasteiger charge is 2.26. The zero-order chi connectivity index (χ0) is 11.6. The molecule has 2 heterocycles. The lowest BCUT2D eigenvalue weighted by molar-refractivity contribution is 0.0849. The van der Waals surface area contributed by atoms with Crippen molar-refractivity contribution in [1.82, 2.24) is 4.90 Å². The summed E-state index contributed by atoms with van der Waals surface area (Å²) < 4.78 is 0. The van der Waals surface area contributed by atoms with E-state index in [4.69, 9.17) is 0 Å². The minimum Gasteiger partial charge on any atom is -0.296 e. The highest BCUT2D eigenvalue weighted by atomic mass is 32.1. The second kappa shape index (κ2) is 4.68. The Morgan fingerprint density at radius 3 is 2.69 bits per heavy atom. The molecule has 0 spiro atoms. The maximum Gasteiger partial charge on any atom is 0.186 e. The van der Waals surface area contributed by atoms with Crippen LogP contribution in [0, 0.1) is 5.41 Å². The minimum absolute atomic E-state index is 0.273. The molecule has 1 saturated heterocycles. The summed E-state index contributed by atoms with van der Waals surface area (Å²) in [5, 5.41) is 1.96. The molecule has 88 valence electrons. The van der Waals surface area contributed by atoms with E-state index in [1.54, 1.807) is 11.3 Å². The maximum absolute atomic E-state index is 11.9. The molecule has 16 heavy (non-hydrogen) atoms. The van der Waals surface area contributed by atoms with E-state index in [1.807, 2.05) is 17.5 Å². The fourth-order valence-corrected chi connectivity index (χ4v) is 2.69. The zero-order valence-corrected chi connectivity index (χ0v) is 10.8. The van der Waals surface area contributed by atoms with Crippen molar-refractivity contribution in [2.24, 2.45) is 5.41 Å². The first-order chi connectivity index (χ1) is 7.57. The van der Waals surface area contributed by atoms with E-state index in [-0.39, 0.29) is 5.78 Å². The molecular formula is C13H19NOS. The van der Waals surface area contributed by atoms with Crippen molar-refractivity contribution in [2.45, 2.75) is 26.7 Å². The average molecular weight is 237 g/mol. The third kappa shape index (κ3) is 2.92. The summed E-state index contributed by atoms with van der Waals surface area (Å²) in [4.78, 5) is 15.1. The van der Waals surface area contributed by atoms with Crippen LogP contribution < -0.4 is 0 Å². The number of carbonyl (C=O) groups excluding carboxylic acids is 1. The molecule has 1 aliphatic rings. The molecule has 1 fully saturated rings. The molecule has 2 nitrogen and oxygen atoms in total. The third-order valence-electron chi connectivity index (χ3n) is 3.37. The van der Waals surface area contributed by atoms with Crippen LogP contribution in [0.25, 0.3) is 0 Å². The molecule has 0 saturated carbocycles. The minimum atomic E-state index is 0.273. The van der Waals surface area contributed by atoms with E-state index in [2.05, 4.69) is 18.7 Å². The lowest BCUT2D eigenvalue weighted by atomic mass is 9.82. The van der Waals surface area contributed by atoms with Crippen LogP contribution in [0.2, 0.25) is 0 Å². The highest BCUT2D eigenvalue weighted by molar-refractivity contribution is 7.12. The summed E-state index contributed by atoms with van der Waals surface area (Å²) in [6, 6.07) is 3.86. The molecule has 3 heteroatoms. The number of ketones is 1. The predicted molar refractivity (Wildman–Crippen MR) is 68.1 cm³/mol. The molecule has 1 aromatic rings. The van der Waals surface area contributed by atoms with Crippen molar-refractivity contribution < 1.29 is 4.79 Å². The molecule has 0 bridgehead atoms. The van der Waals surface area contributed by atoms with E-state index in [1.165, 1.54) is 12.8 Å². The molecule has 0 amide bonds. The standard InChI is InChI=1S/C13H19NOS/c1-13(2)5-7-14(8-6-13)10-11(15)12-4-3-9-16-12/h3-4,9H,5-8,10H2,1-2H3. The summed E-state index contributed by atoms with van der Waals surface area (Å²) in [5.74, 6) is 0.273. The van der Waals surface area contributed by atoms with Gasteiger partial charge in [-0.1, -0.05) is 19.9 Å². The fourth-order valence-electron chi connectivity index (χ4n) is 2.03. The van der Waals surface area contributed by atoms with Crippen LogP contribution in [0.1, 0.15) is 36.4 Å². The second-order valence-corrected chi connectivity index (χ2v) is 6.29. The Morgan fingerprint density at radius 2 is 2.12 bits per heavy atom. The second-order valence-electron chi connectivity index (χ2n) is 5.34. The van der Waals surface area contributed by atoms with Gasteiger partial charge in [-0.05, 0) is 42.8 Å². The molecule has 0 aliphatic carbocycles. The summed E-state index contributed by atoms with van der Waals surface area (Å²) in [6.07, 6.45) is 2.40. The van der Waals surface area contributed by atoms with E-state index >= 15 is 0 Å². The molecule has 1 aromatic heterocycles. The molecule has 0 aromatic carbocycles. The fraction of sp³-hybridized carbons (Fsp3) is 0.615. The quantitative estimate of drug-likeness (QED) is 0.753.